The molecule has 1 atom stereocenters. The van der Waals surface area contributed by atoms with Gasteiger partial charge in [0.05, 0.1) is 0 Å². The fraction of sp³-hybridized carbons (Fsp3) is 0.889. The first kappa shape index (κ1) is 18.9. The molecule has 7 heteroatoms. The van der Waals surface area contributed by atoms with Gasteiger partial charge in [-0.3, -0.25) is 9.35 Å². The molecule has 92 valence electrons. The Bertz CT molecular complexity index is 297. The van der Waals surface area contributed by atoms with Gasteiger partial charge in [0.1, 0.15) is 0 Å². The number of carbonyl (C=O) groups is 1. The maximum Gasteiger partial charge on any atom is 1.00 e. The second-order valence-electron chi connectivity index (χ2n) is 3.48. The van der Waals surface area contributed by atoms with Crippen LogP contribution in [0.25, 0.3) is 0 Å². The minimum absolute atomic E-state index is 0. The Hall–Kier alpha value is 0.540. The Morgan fingerprint density at radius 2 is 2.00 bits per heavy atom. The van der Waals surface area contributed by atoms with Gasteiger partial charge in [-0.05, 0) is 13.5 Å². The van der Waals surface area contributed by atoms with E-state index in [1.807, 2.05) is 6.92 Å². The van der Waals surface area contributed by atoms with Crippen molar-refractivity contribution >= 4 is 15.9 Å². The Labute approximate surface area is 121 Å². The minimum Gasteiger partial charge on any atom is -1.00 e. The molecule has 2 N–H and O–H groups in total. The molecule has 0 radical (unpaired) electrons. The molecule has 0 amide bonds. The maximum absolute atomic E-state index is 11.5. The van der Waals surface area contributed by atoms with Crippen molar-refractivity contribution in [3.8, 4) is 0 Å². The summed E-state index contributed by atoms with van der Waals surface area (Å²) in [5.41, 5.74) is 0. The van der Waals surface area contributed by atoms with E-state index in [1.165, 1.54) is 7.05 Å². The van der Waals surface area contributed by atoms with Crippen LogP contribution in [0.5, 0.6) is 0 Å². The second kappa shape index (κ2) is 9.56. The standard InChI is InChI=1S/C9H19NO4S.Na.H/c1-3-4-5-6-8(11)9(7-10-2)15(12,13)14;;/h9-10H,3-7H2,1-2H3,(H,12,13,14);;/q;+1;-1. The Balaban J connectivity index is -0.000000980. The van der Waals surface area contributed by atoms with E-state index >= 15 is 0 Å². The molecule has 0 aliphatic carbocycles. The Morgan fingerprint density at radius 3 is 2.38 bits per heavy atom. The molecule has 0 saturated heterocycles. The summed E-state index contributed by atoms with van der Waals surface area (Å²) in [4.78, 5) is 11.5. The van der Waals surface area contributed by atoms with Crippen LogP contribution in [0, 0.1) is 0 Å². The third-order valence-electron chi connectivity index (χ3n) is 2.13. The number of unbranched alkanes of at least 4 members (excludes halogenated alkanes) is 2. The van der Waals surface area contributed by atoms with Crippen molar-refractivity contribution in [3.63, 3.8) is 0 Å². The van der Waals surface area contributed by atoms with Crippen LogP contribution in [0.2, 0.25) is 0 Å². The number of hydrogen-bond donors (Lipinski definition) is 2. The summed E-state index contributed by atoms with van der Waals surface area (Å²) >= 11 is 0. The SMILES string of the molecule is CCCCCC(=O)C(CNC)S(=O)(=O)O.[H-].[Na+]. The third kappa shape index (κ3) is 7.76. The zero-order valence-corrected chi connectivity index (χ0v) is 13.0. The molecule has 5 nitrogen and oxygen atoms in total. The molecule has 0 spiro atoms. The molecule has 1 unspecified atom stereocenters. The van der Waals surface area contributed by atoms with Crippen LogP contribution in [0.1, 0.15) is 34.0 Å². The van der Waals surface area contributed by atoms with E-state index in [0.29, 0.717) is 6.42 Å². The monoisotopic (exact) mass is 261 g/mol. The number of hydrogen-bond acceptors (Lipinski definition) is 4. The molecule has 0 aliphatic rings. The largest absolute Gasteiger partial charge is 1.00 e. The van der Waals surface area contributed by atoms with Crippen molar-refractivity contribution in [1.82, 2.24) is 5.32 Å². The van der Waals surface area contributed by atoms with Crippen LogP contribution >= 0.6 is 0 Å². The van der Waals surface area contributed by atoms with Gasteiger partial charge < -0.3 is 6.74 Å². The predicted octanol–water partition coefficient (Wildman–Crippen LogP) is -2.27. The zero-order chi connectivity index (χ0) is 11.9. The molecular weight excluding hydrogens is 241 g/mol. The topological polar surface area (TPSA) is 83.5 Å². The molecule has 0 bridgehead atoms. The summed E-state index contributed by atoms with van der Waals surface area (Å²) in [5, 5.41) is 1.27. The van der Waals surface area contributed by atoms with Crippen LogP contribution in [-0.4, -0.2) is 37.6 Å². The van der Waals surface area contributed by atoms with E-state index < -0.39 is 21.2 Å². The molecule has 0 rings (SSSR count). The Kier molecular flexibility index (Phi) is 11.3. The van der Waals surface area contributed by atoms with Crippen LogP contribution in [0.3, 0.4) is 0 Å². The second-order valence-corrected chi connectivity index (χ2v) is 5.08. The van der Waals surface area contributed by atoms with Crippen molar-refractivity contribution in [3.05, 3.63) is 0 Å². The van der Waals surface area contributed by atoms with Gasteiger partial charge in [-0.2, -0.15) is 8.42 Å². The molecule has 16 heavy (non-hydrogen) atoms. The van der Waals surface area contributed by atoms with E-state index in [1.54, 1.807) is 0 Å². The Morgan fingerprint density at radius 1 is 1.44 bits per heavy atom. The van der Waals surface area contributed by atoms with E-state index in [-0.39, 0.29) is 43.9 Å². The molecule has 0 aromatic carbocycles. The molecular formula is C9H20NNaO4S. The minimum atomic E-state index is -4.28. The van der Waals surface area contributed by atoms with E-state index in [2.05, 4.69) is 5.32 Å². The van der Waals surface area contributed by atoms with Gasteiger partial charge in [-0.1, -0.05) is 19.8 Å². The number of rotatable bonds is 8. The first-order chi connectivity index (χ1) is 6.93. The number of ketones is 1. The smallest absolute Gasteiger partial charge is 1.00 e. The van der Waals surface area contributed by atoms with E-state index in [4.69, 9.17) is 4.55 Å². The van der Waals surface area contributed by atoms with Crippen molar-refractivity contribution in [2.75, 3.05) is 13.6 Å². The van der Waals surface area contributed by atoms with Crippen molar-refractivity contribution in [2.24, 2.45) is 0 Å². The van der Waals surface area contributed by atoms with Crippen LogP contribution in [0.15, 0.2) is 0 Å². The van der Waals surface area contributed by atoms with Gasteiger partial charge in [0, 0.05) is 13.0 Å². The van der Waals surface area contributed by atoms with Gasteiger partial charge in [0.25, 0.3) is 10.1 Å². The summed E-state index contributed by atoms with van der Waals surface area (Å²) in [6.07, 6.45) is 2.74. The summed E-state index contributed by atoms with van der Waals surface area (Å²) in [5.74, 6) is -0.416. The van der Waals surface area contributed by atoms with Crippen LogP contribution < -0.4 is 34.9 Å². The molecule has 0 saturated carbocycles. The number of nitrogens with one attached hydrogen (secondary N) is 1. The first-order valence-corrected chi connectivity index (χ1v) is 6.57. The molecule has 0 aromatic rings. The van der Waals surface area contributed by atoms with Gasteiger partial charge in [0.2, 0.25) is 0 Å². The maximum atomic E-state index is 11.5. The molecule has 0 fully saturated rings. The molecule has 0 aromatic heterocycles. The summed E-state index contributed by atoms with van der Waals surface area (Å²) in [6, 6.07) is 0. The van der Waals surface area contributed by atoms with Crippen LogP contribution in [-0.2, 0) is 14.9 Å². The van der Waals surface area contributed by atoms with Crippen molar-refractivity contribution in [1.29, 1.82) is 0 Å². The van der Waals surface area contributed by atoms with Crippen molar-refractivity contribution < 1.29 is 48.7 Å². The average Bonchev–Trinajstić information content (AvgIpc) is 2.12. The van der Waals surface area contributed by atoms with Gasteiger partial charge in [0.15, 0.2) is 11.0 Å². The van der Waals surface area contributed by atoms with Gasteiger partial charge in [-0.25, -0.2) is 0 Å². The number of Topliss-reactive ketones (excluding diaryl/α,β-unsaturated/α-hetero) is 1. The van der Waals surface area contributed by atoms with Crippen molar-refractivity contribution in [2.45, 2.75) is 37.9 Å². The first-order valence-electron chi connectivity index (χ1n) is 5.07. The third-order valence-corrected chi connectivity index (χ3v) is 3.28. The quantitative estimate of drug-likeness (QED) is 0.292. The molecule has 0 heterocycles. The molecule has 0 aliphatic heterocycles. The van der Waals surface area contributed by atoms with Gasteiger partial charge >= 0.3 is 29.6 Å². The zero-order valence-electron chi connectivity index (χ0n) is 11.2. The fourth-order valence-corrected chi connectivity index (χ4v) is 2.11. The summed E-state index contributed by atoms with van der Waals surface area (Å²) in [7, 11) is -2.74. The van der Waals surface area contributed by atoms with E-state index in [0.717, 1.165) is 12.8 Å². The van der Waals surface area contributed by atoms with E-state index in [9.17, 15) is 13.2 Å². The predicted molar refractivity (Wildman–Crippen MR) is 59.5 cm³/mol. The van der Waals surface area contributed by atoms with Crippen LogP contribution in [0.4, 0.5) is 0 Å². The summed E-state index contributed by atoms with van der Waals surface area (Å²) in [6.45, 7) is 1.96. The average molecular weight is 261 g/mol. The fourth-order valence-electron chi connectivity index (χ4n) is 1.28. The van der Waals surface area contributed by atoms with Gasteiger partial charge in [-0.15, -0.1) is 0 Å². The number of carbonyl (C=O) groups excluding carboxylic acids is 1. The normalized spacial score (nSPS) is 12.9. The summed E-state index contributed by atoms with van der Waals surface area (Å²) < 4.78 is 30.6.